The molecule has 0 saturated heterocycles. The van der Waals surface area contributed by atoms with Crippen LogP contribution >= 0.6 is 0 Å². The maximum atomic E-state index is 3.47. The monoisotopic (exact) mass is 220 g/mol. The predicted octanol–water partition coefficient (Wildman–Crippen LogP) is 3.03. The molecule has 90 valence electrons. The molecule has 0 amide bonds. The standard InChI is InChI=1S/C14H24N2/c1-4-11-15-12-13-9-7-8-10-14(13)16(5-2)6-3/h7-10,15H,4-6,11-12H2,1-3H3. The molecule has 2 heteroatoms. The molecule has 16 heavy (non-hydrogen) atoms. The van der Waals surface area contributed by atoms with Gasteiger partial charge in [0.05, 0.1) is 0 Å². The first-order valence-electron chi connectivity index (χ1n) is 6.37. The van der Waals surface area contributed by atoms with Gasteiger partial charge in [-0.15, -0.1) is 0 Å². The van der Waals surface area contributed by atoms with Crippen LogP contribution in [0, 0.1) is 0 Å². The van der Waals surface area contributed by atoms with Crippen molar-refractivity contribution in [2.24, 2.45) is 0 Å². The van der Waals surface area contributed by atoms with E-state index in [9.17, 15) is 0 Å². The Morgan fingerprint density at radius 1 is 1.06 bits per heavy atom. The minimum Gasteiger partial charge on any atom is -0.372 e. The molecule has 0 spiro atoms. The van der Waals surface area contributed by atoms with Crippen LogP contribution in [0.2, 0.25) is 0 Å². The second kappa shape index (κ2) is 7.29. The predicted molar refractivity (Wildman–Crippen MR) is 72.0 cm³/mol. The largest absolute Gasteiger partial charge is 0.372 e. The van der Waals surface area contributed by atoms with Gasteiger partial charge in [-0.25, -0.2) is 0 Å². The Hall–Kier alpha value is -1.02. The second-order valence-electron chi connectivity index (χ2n) is 3.98. The normalized spacial score (nSPS) is 10.4. The van der Waals surface area contributed by atoms with Crippen LogP contribution < -0.4 is 10.2 Å². The Bertz CT molecular complexity index is 293. The van der Waals surface area contributed by atoms with Crippen LogP contribution in [0.5, 0.6) is 0 Å². The summed E-state index contributed by atoms with van der Waals surface area (Å²) in [6.45, 7) is 10.8. The fraction of sp³-hybridized carbons (Fsp3) is 0.571. The third-order valence-corrected chi connectivity index (χ3v) is 2.84. The van der Waals surface area contributed by atoms with Gasteiger partial charge in [-0.2, -0.15) is 0 Å². The molecule has 1 N–H and O–H groups in total. The molecule has 0 fully saturated rings. The highest BCUT2D eigenvalue weighted by Crippen LogP contribution is 2.19. The van der Waals surface area contributed by atoms with E-state index in [1.165, 1.54) is 17.7 Å². The first-order chi connectivity index (χ1) is 7.83. The van der Waals surface area contributed by atoms with E-state index in [4.69, 9.17) is 0 Å². The smallest absolute Gasteiger partial charge is 0.0411 e. The maximum absolute atomic E-state index is 3.47. The van der Waals surface area contributed by atoms with Crippen molar-refractivity contribution in [3.8, 4) is 0 Å². The van der Waals surface area contributed by atoms with Crippen LogP contribution in [0.25, 0.3) is 0 Å². The van der Waals surface area contributed by atoms with Crippen LogP contribution in [-0.2, 0) is 6.54 Å². The van der Waals surface area contributed by atoms with Gasteiger partial charge in [-0.3, -0.25) is 0 Å². The van der Waals surface area contributed by atoms with Gasteiger partial charge in [0.15, 0.2) is 0 Å². The molecule has 0 saturated carbocycles. The molecule has 0 radical (unpaired) electrons. The van der Waals surface area contributed by atoms with E-state index in [1.54, 1.807) is 0 Å². The fourth-order valence-electron chi connectivity index (χ4n) is 1.93. The number of hydrogen-bond donors (Lipinski definition) is 1. The minimum absolute atomic E-state index is 0.973. The highest BCUT2D eigenvalue weighted by molar-refractivity contribution is 5.53. The summed E-state index contributed by atoms with van der Waals surface area (Å²) in [5, 5.41) is 3.47. The number of anilines is 1. The average molecular weight is 220 g/mol. The molecule has 0 unspecified atom stereocenters. The van der Waals surface area contributed by atoms with E-state index in [0.29, 0.717) is 0 Å². The van der Waals surface area contributed by atoms with Crippen molar-refractivity contribution in [3.63, 3.8) is 0 Å². The second-order valence-corrected chi connectivity index (χ2v) is 3.98. The van der Waals surface area contributed by atoms with Crippen molar-refractivity contribution in [1.82, 2.24) is 5.32 Å². The molecule has 1 rings (SSSR count). The quantitative estimate of drug-likeness (QED) is 0.711. The van der Waals surface area contributed by atoms with E-state index >= 15 is 0 Å². The highest BCUT2D eigenvalue weighted by atomic mass is 15.1. The van der Waals surface area contributed by atoms with E-state index in [1.807, 2.05) is 0 Å². The zero-order valence-corrected chi connectivity index (χ0v) is 10.8. The molecule has 0 aliphatic carbocycles. The number of nitrogens with zero attached hydrogens (tertiary/aromatic N) is 1. The number of hydrogen-bond acceptors (Lipinski definition) is 2. The van der Waals surface area contributed by atoms with Gasteiger partial charge in [-0.05, 0) is 38.4 Å². The van der Waals surface area contributed by atoms with E-state index in [-0.39, 0.29) is 0 Å². The van der Waals surface area contributed by atoms with Crippen molar-refractivity contribution in [2.45, 2.75) is 33.7 Å². The third kappa shape index (κ3) is 3.53. The number of nitrogens with one attached hydrogen (secondary N) is 1. The van der Waals surface area contributed by atoms with Crippen molar-refractivity contribution in [3.05, 3.63) is 29.8 Å². The minimum atomic E-state index is 0.973. The van der Waals surface area contributed by atoms with Gasteiger partial charge in [0.25, 0.3) is 0 Å². The first kappa shape index (κ1) is 13.0. The first-order valence-corrected chi connectivity index (χ1v) is 6.37. The third-order valence-electron chi connectivity index (χ3n) is 2.84. The number of rotatable bonds is 7. The van der Waals surface area contributed by atoms with Crippen LogP contribution in [0.15, 0.2) is 24.3 Å². The van der Waals surface area contributed by atoms with Gasteiger partial charge >= 0.3 is 0 Å². The van der Waals surface area contributed by atoms with E-state index in [0.717, 1.165) is 26.2 Å². The Labute approximate surface area is 99.7 Å². The van der Waals surface area contributed by atoms with Gasteiger partial charge in [0.2, 0.25) is 0 Å². The summed E-state index contributed by atoms with van der Waals surface area (Å²) in [6, 6.07) is 8.68. The Morgan fingerprint density at radius 3 is 2.38 bits per heavy atom. The van der Waals surface area contributed by atoms with Gasteiger partial charge in [0.1, 0.15) is 0 Å². The van der Waals surface area contributed by atoms with Crippen molar-refractivity contribution >= 4 is 5.69 Å². The molecule has 0 aliphatic heterocycles. The van der Waals surface area contributed by atoms with Crippen molar-refractivity contribution in [2.75, 3.05) is 24.5 Å². The molecule has 1 aromatic rings. The summed E-state index contributed by atoms with van der Waals surface area (Å²) < 4.78 is 0. The summed E-state index contributed by atoms with van der Waals surface area (Å²) in [7, 11) is 0. The van der Waals surface area contributed by atoms with Gasteiger partial charge in [0, 0.05) is 25.3 Å². The van der Waals surface area contributed by atoms with Crippen molar-refractivity contribution < 1.29 is 0 Å². The van der Waals surface area contributed by atoms with E-state index in [2.05, 4.69) is 55.3 Å². The Kier molecular flexibility index (Phi) is 5.94. The molecular weight excluding hydrogens is 196 g/mol. The molecule has 0 heterocycles. The van der Waals surface area contributed by atoms with Crippen LogP contribution in [0.4, 0.5) is 5.69 Å². The molecule has 2 nitrogen and oxygen atoms in total. The molecule has 0 atom stereocenters. The number of para-hydroxylation sites is 1. The summed E-state index contributed by atoms with van der Waals surface area (Å²) >= 11 is 0. The number of benzene rings is 1. The Balaban J connectivity index is 2.74. The maximum Gasteiger partial charge on any atom is 0.0411 e. The van der Waals surface area contributed by atoms with Gasteiger partial charge < -0.3 is 10.2 Å². The zero-order chi connectivity index (χ0) is 11.8. The summed E-state index contributed by atoms with van der Waals surface area (Å²) in [4.78, 5) is 2.41. The summed E-state index contributed by atoms with van der Waals surface area (Å²) in [5.74, 6) is 0. The molecular formula is C14H24N2. The van der Waals surface area contributed by atoms with Crippen LogP contribution in [0.3, 0.4) is 0 Å². The molecule has 1 aromatic carbocycles. The van der Waals surface area contributed by atoms with E-state index < -0.39 is 0 Å². The Morgan fingerprint density at radius 2 is 1.75 bits per heavy atom. The lowest BCUT2D eigenvalue weighted by Crippen LogP contribution is -2.24. The fourth-order valence-corrected chi connectivity index (χ4v) is 1.93. The van der Waals surface area contributed by atoms with Crippen LogP contribution in [0.1, 0.15) is 32.8 Å². The lowest BCUT2D eigenvalue weighted by Gasteiger charge is -2.24. The topological polar surface area (TPSA) is 15.3 Å². The average Bonchev–Trinajstić information content (AvgIpc) is 2.33. The highest BCUT2D eigenvalue weighted by Gasteiger charge is 2.06. The summed E-state index contributed by atoms with van der Waals surface area (Å²) in [5.41, 5.74) is 2.77. The zero-order valence-electron chi connectivity index (χ0n) is 10.8. The SMILES string of the molecule is CCCNCc1ccccc1N(CC)CC. The lowest BCUT2D eigenvalue weighted by atomic mass is 10.1. The summed E-state index contributed by atoms with van der Waals surface area (Å²) in [6.07, 6.45) is 1.19. The lowest BCUT2D eigenvalue weighted by molar-refractivity contribution is 0.673. The van der Waals surface area contributed by atoms with Crippen LogP contribution in [-0.4, -0.2) is 19.6 Å². The molecule has 0 aromatic heterocycles. The molecule has 0 bridgehead atoms. The van der Waals surface area contributed by atoms with Crippen molar-refractivity contribution in [1.29, 1.82) is 0 Å². The molecule has 0 aliphatic rings. The van der Waals surface area contributed by atoms with Gasteiger partial charge in [-0.1, -0.05) is 25.1 Å².